The summed E-state index contributed by atoms with van der Waals surface area (Å²) in [6.45, 7) is 6.54. The smallest absolute Gasteiger partial charge is 0.311 e. The van der Waals surface area contributed by atoms with Gasteiger partial charge in [-0.25, -0.2) is 0 Å². The van der Waals surface area contributed by atoms with Gasteiger partial charge in [0.2, 0.25) is 0 Å². The van der Waals surface area contributed by atoms with Crippen molar-refractivity contribution < 1.29 is 19.1 Å². The molecule has 6 heteroatoms. The minimum atomic E-state index is -0.796. The lowest BCUT2D eigenvalue weighted by atomic mass is 10.1. The third-order valence-corrected chi connectivity index (χ3v) is 4.40. The molecule has 1 aliphatic heterocycles. The number of amides is 1. The number of aromatic amines is 1. The third-order valence-electron chi connectivity index (χ3n) is 4.40. The van der Waals surface area contributed by atoms with E-state index in [2.05, 4.69) is 4.98 Å². The molecule has 0 spiro atoms. The van der Waals surface area contributed by atoms with Crippen LogP contribution in [0, 0.1) is 0 Å². The molecule has 0 bridgehead atoms. The first-order chi connectivity index (χ1) is 11.9. The van der Waals surface area contributed by atoms with E-state index in [4.69, 9.17) is 9.47 Å². The van der Waals surface area contributed by atoms with Gasteiger partial charge in [0.15, 0.2) is 6.10 Å². The fraction of sp³-hybridized carbons (Fsp3) is 0.474. The quantitative estimate of drug-likeness (QED) is 0.864. The molecule has 0 aliphatic carbocycles. The van der Waals surface area contributed by atoms with Gasteiger partial charge in [0.05, 0.1) is 18.6 Å². The minimum absolute atomic E-state index is 0.0122. The van der Waals surface area contributed by atoms with E-state index < -0.39 is 12.1 Å². The monoisotopic (exact) mass is 344 g/mol. The number of benzene rings is 1. The second-order valence-corrected chi connectivity index (χ2v) is 6.67. The summed E-state index contributed by atoms with van der Waals surface area (Å²) >= 11 is 0. The van der Waals surface area contributed by atoms with Gasteiger partial charge < -0.3 is 19.4 Å². The van der Waals surface area contributed by atoms with Crippen molar-refractivity contribution in [1.82, 2.24) is 9.88 Å². The summed E-state index contributed by atoms with van der Waals surface area (Å²) in [5.41, 5.74) is 1.85. The molecule has 2 heterocycles. The van der Waals surface area contributed by atoms with Gasteiger partial charge in [-0.05, 0) is 32.4 Å². The lowest BCUT2D eigenvalue weighted by Gasteiger charge is -2.36. The summed E-state index contributed by atoms with van der Waals surface area (Å²) in [5.74, 6) is -0.575. The summed E-state index contributed by atoms with van der Waals surface area (Å²) < 4.78 is 11.0. The maximum Gasteiger partial charge on any atom is 0.311 e. The molecule has 0 unspecified atom stereocenters. The number of ether oxygens (including phenoxy) is 2. The van der Waals surface area contributed by atoms with Crippen LogP contribution in [0.5, 0.6) is 0 Å². The van der Waals surface area contributed by atoms with Crippen LogP contribution in [0.2, 0.25) is 0 Å². The summed E-state index contributed by atoms with van der Waals surface area (Å²) in [5, 5.41) is 0.995. The van der Waals surface area contributed by atoms with Gasteiger partial charge >= 0.3 is 5.97 Å². The zero-order valence-electron chi connectivity index (χ0n) is 14.8. The molecule has 2 aromatic rings. The van der Waals surface area contributed by atoms with Gasteiger partial charge in [0.25, 0.3) is 5.91 Å². The maximum atomic E-state index is 12.5. The molecule has 3 rings (SSSR count). The number of nitrogens with one attached hydrogen (secondary N) is 1. The fourth-order valence-electron chi connectivity index (χ4n) is 3.34. The Labute approximate surface area is 147 Å². The summed E-state index contributed by atoms with van der Waals surface area (Å²) in [6, 6.07) is 7.78. The number of rotatable bonds is 4. The Morgan fingerprint density at radius 2 is 1.96 bits per heavy atom. The van der Waals surface area contributed by atoms with Crippen LogP contribution in [0.15, 0.2) is 30.5 Å². The molecule has 6 nitrogen and oxygen atoms in total. The highest BCUT2D eigenvalue weighted by molar-refractivity contribution is 5.88. The van der Waals surface area contributed by atoms with Crippen LogP contribution in [-0.4, -0.2) is 53.2 Å². The normalized spacial score (nSPS) is 22.0. The Morgan fingerprint density at radius 1 is 1.28 bits per heavy atom. The molecule has 1 aromatic carbocycles. The van der Waals surface area contributed by atoms with Crippen LogP contribution in [0.25, 0.3) is 10.9 Å². The average Bonchev–Trinajstić information content (AvgIpc) is 2.96. The van der Waals surface area contributed by atoms with Crippen LogP contribution in [0.1, 0.15) is 26.3 Å². The van der Waals surface area contributed by atoms with E-state index in [9.17, 15) is 9.59 Å². The Bertz CT molecular complexity index is 760. The highest BCUT2D eigenvalue weighted by Gasteiger charge is 2.30. The molecular weight excluding hydrogens is 320 g/mol. The molecule has 1 N–H and O–H groups in total. The highest BCUT2D eigenvalue weighted by atomic mass is 16.5. The van der Waals surface area contributed by atoms with Crippen molar-refractivity contribution in [1.29, 1.82) is 0 Å². The van der Waals surface area contributed by atoms with Crippen molar-refractivity contribution in [2.24, 2.45) is 0 Å². The van der Waals surface area contributed by atoms with Crippen molar-refractivity contribution in [3.05, 3.63) is 36.0 Å². The zero-order valence-corrected chi connectivity index (χ0v) is 14.8. The number of carbonyl (C=O) groups is 2. The van der Waals surface area contributed by atoms with E-state index in [1.165, 1.54) is 0 Å². The lowest BCUT2D eigenvalue weighted by molar-refractivity contribution is -0.164. The first-order valence-electron chi connectivity index (χ1n) is 8.62. The largest absolute Gasteiger partial charge is 0.452 e. The molecule has 3 atom stereocenters. The van der Waals surface area contributed by atoms with Gasteiger partial charge in [-0.2, -0.15) is 0 Å². The van der Waals surface area contributed by atoms with Crippen LogP contribution in [0.4, 0.5) is 0 Å². The van der Waals surface area contributed by atoms with E-state index in [1.54, 1.807) is 11.8 Å². The first kappa shape index (κ1) is 17.5. The van der Waals surface area contributed by atoms with Crippen LogP contribution in [-0.2, 0) is 25.5 Å². The van der Waals surface area contributed by atoms with E-state index in [0.29, 0.717) is 13.1 Å². The second kappa shape index (κ2) is 7.27. The Balaban J connectivity index is 1.59. The average molecular weight is 344 g/mol. The van der Waals surface area contributed by atoms with E-state index >= 15 is 0 Å². The number of para-hydroxylation sites is 1. The number of carbonyl (C=O) groups excluding carboxylic acids is 2. The van der Waals surface area contributed by atoms with Gasteiger partial charge in [0.1, 0.15) is 0 Å². The zero-order chi connectivity index (χ0) is 18.0. The standard InChI is InChI=1S/C19H24N2O4/c1-12-10-21(11-13(2)24-12)19(23)14(3)25-18(22)8-15-9-20-17-7-5-4-6-16(15)17/h4-7,9,12-14,20H,8,10-11H2,1-3H3/t12-,13-,14-/m1/s1. The Hall–Kier alpha value is -2.34. The lowest BCUT2D eigenvalue weighted by Crippen LogP contribution is -2.51. The molecule has 1 saturated heterocycles. The molecule has 1 aromatic heterocycles. The molecule has 0 saturated carbocycles. The molecule has 0 radical (unpaired) electrons. The number of hydrogen-bond donors (Lipinski definition) is 1. The molecule has 25 heavy (non-hydrogen) atoms. The second-order valence-electron chi connectivity index (χ2n) is 6.67. The summed E-state index contributed by atoms with van der Waals surface area (Å²) in [7, 11) is 0. The van der Waals surface area contributed by atoms with E-state index in [1.807, 2.05) is 44.3 Å². The first-order valence-corrected chi connectivity index (χ1v) is 8.62. The van der Waals surface area contributed by atoms with Gasteiger partial charge in [-0.15, -0.1) is 0 Å². The fourth-order valence-corrected chi connectivity index (χ4v) is 3.34. The van der Waals surface area contributed by atoms with Crippen LogP contribution in [0.3, 0.4) is 0 Å². The molecular formula is C19H24N2O4. The predicted molar refractivity (Wildman–Crippen MR) is 94.1 cm³/mol. The van der Waals surface area contributed by atoms with E-state index in [-0.39, 0.29) is 24.5 Å². The van der Waals surface area contributed by atoms with Crippen molar-refractivity contribution in [3.63, 3.8) is 0 Å². The number of aromatic nitrogens is 1. The van der Waals surface area contributed by atoms with Gasteiger partial charge in [-0.1, -0.05) is 18.2 Å². The number of nitrogens with zero attached hydrogens (tertiary/aromatic N) is 1. The number of hydrogen-bond acceptors (Lipinski definition) is 4. The van der Waals surface area contributed by atoms with Crippen molar-refractivity contribution in [2.75, 3.05) is 13.1 Å². The number of morpholine rings is 1. The van der Waals surface area contributed by atoms with Crippen LogP contribution >= 0.6 is 0 Å². The number of fused-ring (bicyclic) bond motifs is 1. The van der Waals surface area contributed by atoms with Gasteiger partial charge in [-0.3, -0.25) is 9.59 Å². The topological polar surface area (TPSA) is 71.6 Å². The Kier molecular flexibility index (Phi) is 5.08. The summed E-state index contributed by atoms with van der Waals surface area (Å²) in [4.78, 5) is 29.6. The SMILES string of the molecule is C[C@@H]1CN(C(=O)[C@@H](C)OC(=O)Cc2c[nH]c3ccccc23)C[C@@H](C)O1. The minimum Gasteiger partial charge on any atom is -0.452 e. The Morgan fingerprint density at radius 3 is 2.68 bits per heavy atom. The molecule has 1 aliphatic rings. The predicted octanol–water partition coefficient (Wildman–Crippen LogP) is 2.28. The van der Waals surface area contributed by atoms with Crippen molar-refractivity contribution >= 4 is 22.8 Å². The van der Waals surface area contributed by atoms with E-state index in [0.717, 1.165) is 16.5 Å². The van der Waals surface area contributed by atoms with Crippen LogP contribution < -0.4 is 0 Å². The molecule has 1 amide bonds. The molecule has 134 valence electrons. The molecule has 1 fully saturated rings. The van der Waals surface area contributed by atoms with Crippen molar-refractivity contribution in [2.45, 2.75) is 45.5 Å². The van der Waals surface area contributed by atoms with Gasteiger partial charge in [0, 0.05) is 30.2 Å². The number of esters is 1. The maximum absolute atomic E-state index is 12.5. The van der Waals surface area contributed by atoms with Crippen molar-refractivity contribution in [3.8, 4) is 0 Å². The highest BCUT2D eigenvalue weighted by Crippen LogP contribution is 2.19. The summed E-state index contributed by atoms with van der Waals surface area (Å²) in [6.07, 6.45) is 1.13. The number of H-pyrrole nitrogens is 1. The third kappa shape index (κ3) is 4.02.